The molecule has 28 heavy (non-hydrogen) atoms. The van der Waals surface area contributed by atoms with E-state index in [4.69, 9.17) is 4.74 Å². The van der Waals surface area contributed by atoms with Gasteiger partial charge in [-0.3, -0.25) is 4.79 Å². The molecular weight excluding hydrogens is 436 g/mol. The quantitative estimate of drug-likeness (QED) is 0.475. The highest BCUT2D eigenvalue weighted by Gasteiger charge is 2.15. The van der Waals surface area contributed by atoms with E-state index in [0.29, 0.717) is 11.3 Å². The number of nitrogens with zero attached hydrogens (tertiary/aromatic N) is 2. The lowest BCUT2D eigenvalue weighted by Crippen LogP contribution is -2.17. The van der Waals surface area contributed by atoms with Crippen LogP contribution >= 0.6 is 27.3 Å². The fourth-order valence-corrected chi connectivity index (χ4v) is 4.95. The molecule has 0 fully saturated rings. The number of carbonyl (C=O) groups is 1. The van der Waals surface area contributed by atoms with Crippen molar-refractivity contribution in [3.63, 3.8) is 0 Å². The second-order valence-corrected chi connectivity index (χ2v) is 8.20. The number of amides is 1. The third kappa shape index (κ3) is 4.28. The average Bonchev–Trinajstić information content (AvgIpc) is 3.05. The maximum absolute atomic E-state index is 12.8. The van der Waals surface area contributed by atoms with E-state index in [2.05, 4.69) is 51.5 Å². The van der Waals surface area contributed by atoms with Crippen molar-refractivity contribution in [1.29, 1.82) is 0 Å². The minimum atomic E-state index is -0.255. The van der Waals surface area contributed by atoms with E-state index in [-0.39, 0.29) is 5.91 Å². The molecule has 146 valence electrons. The lowest BCUT2D eigenvalue weighted by molar-refractivity contribution is 0.0997. The average molecular weight is 459 g/mol. The second kappa shape index (κ2) is 9.34. The Morgan fingerprint density at radius 3 is 2.54 bits per heavy atom. The first-order chi connectivity index (χ1) is 13.6. The van der Waals surface area contributed by atoms with Crippen molar-refractivity contribution in [2.45, 2.75) is 33.2 Å². The molecular formula is C22H23BrN2O2S. The number of halogens is 1. The molecule has 1 amide bonds. The zero-order chi connectivity index (χ0) is 20.1. The zero-order valence-electron chi connectivity index (χ0n) is 16.2. The van der Waals surface area contributed by atoms with Crippen LogP contribution in [0.2, 0.25) is 0 Å². The van der Waals surface area contributed by atoms with Crippen LogP contribution in [0.15, 0.2) is 58.0 Å². The van der Waals surface area contributed by atoms with E-state index in [0.717, 1.165) is 39.9 Å². The van der Waals surface area contributed by atoms with Gasteiger partial charge >= 0.3 is 0 Å². The summed E-state index contributed by atoms with van der Waals surface area (Å²) in [5.41, 5.74) is 2.85. The van der Waals surface area contributed by atoms with Gasteiger partial charge in [0.25, 0.3) is 5.91 Å². The summed E-state index contributed by atoms with van der Waals surface area (Å²) in [7, 11) is 1.60. The summed E-state index contributed by atoms with van der Waals surface area (Å²) in [5, 5.41) is 0. The molecule has 0 atom stereocenters. The fraction of sp³-hybridized carbons (Fsp3) is 0.273. The van der Waals surface area contributed by atoms with Gasteiger partial charge in [0.05, 0.1) is 17.3 Å². The zero-order valence-corrected chi connectivity index (χ0v) is 18.6. The Kier molecular flexibility index (Phi) is 6.86. The third-order valence-electron chi connectivity index (χ3n) is 4.42. The van der Waals surface area contributed by atoms with Crippen molar-refractivity contribution >= 4 is 33.2 Å². The van der Waals surface area contributed by atoms with Gasteiger partial charge in [-0.15, -0.1) is 11.3 Å². The number of ether oxygens (including phenoxy) is 1. The maximum Gasteiger partial charge on any atom is 0.279 e. The molecule has 0 saturated heterocycles. The standard InChI is InChI=1S/C22H23BrN2O2S/c1-4-9-19-20(15-10-7-6-8-11-15)25(5-2)22(28-19)24-21(26)16-12-13-18(27-3)17(23)14-16/h6-8,10-14H,4-5,9H2,1-3H3. The maximum atomic E-state index is 12.8. The lowest BCUT2D eigenvalue weighted by Gasteiger charge is -2.08. The number of methoxy groups -OCH3 is 1. The van der Waals surface area contributed by atoms with Gasteiger partial charge in [-0.2, -0.15) is 4.99 Å². The normalized spacial score (nSPS) is 11.6. The van der Waals surface area contributed by atoms with E-state index >= 15 is 0 Å². The van der Waals surface area contributed by atoms with Gasteiger partial charge in [-0.1, -0.05) is 43.7 Å². The Hall–Kier alpha value is -2.18. The number of benzene rings is 2. The van der Waals surface area contributed by atoms with Crippen molar-refractivity contribution in [3.8, 4) is 17.0 Å². The first-order valence-electron chi connectivity index (χ1n) is 9.29. The van der Waals surface area contributed by atoms with Crippen molar-refractivity contribution in [2.24, 2.45) is 4.99 Å². The first-order valence-corrected chi connectivity index (χ1v) is 10.9. The fourth-order valence-electron chi connectivity index (χ4n) is 3.10. The molecule has 4 nitrogen and oxygen atoms in total. The van der Waals surface area contributed by atoms with Gasteiger partial charge in [0.2, 0.25) is 0 Å². The Morgan fingerprint density at radius 2 is 1.93 bits per heavy atom. The topological polar surface area (TPSA) is 43.6 Å². The third-order valence-corrected chi connectivity index (χ3v) is 6.17. The molecule has 0 unspecified atom stereocenters. The number of thiazole rings is 1. The summed E-state index contributed by atoms with van der Waals surface area (Å²) in [6.45, 7) is 5.01. The summed E-state index contributed by atoms with van der Waals surface area (Å²) >= 11 is 5.04. The van der Waals surface area contributed by atoms with Crippen LogP contribution in [0.25, 0.3) is 11.3 Å². The van der Waals surface area contributed by atoms with Crippen LogP contribution in [0, 0.1) is 0 Å². The minimum absolute atomic E-state index is 0.255. The Morgan fingerprint density at radius 1 is 1.18 bits per heavy atom. The smallest absolute Gasteiger partial charge is 0.279 e. The molecule has 0 aliphatic carbocycles. The molecule has 1 aromatic heterocycles. The number of hydrogen-bond donors (Lipinski definition) is 0. The van der Waals surface area contributed by atoms with Crippen LogP contribution in [0.3, 0.4) is 0 Å². The molecule has 0 aliphatic heterocycles. The Bertz CT molecular complexity index is 1040. The molecule has 0 N–H and O–H groups in total. The molecule has 3 rings (SSSR count). The molecule has 1 heterocycles. The van der Waals surface area contributed by atoms with Crippen LogP contribution in [-0.2, 0) is 13.0 Å². The minimum Gasteiger partial charge on any atom is -0.496 e. The van der Waals surface area contributed by atoms with Crippen molar-refractivity contribution in [2.75, 3.05) is 7.11 Å². The van der Waals surface area contributed by atoms with Gasteiger partial charge in [0.1, 0.15) is 5.75 Å². The van der Waals surface area contributed by atoms with Gasteiger partial charge in [0.15, 0.2) is 4.80 Å². The number of aryl methyl sites for hydroxylation is 1. The summed E-state index contributed by atoms with van der Waals surface area (Å²) in [6.07, 6.45) is 2.01. The van der Waals surface area contributed by atoms with Crippen LogP contribution in [-0.4, -0.2) is 17.6 Å². The van der Waals surface area contributed by atoms with E-state index < -0.39 is 0 Å². The second-order valence-electron chi connectivity index (χ2n) is 6.28. The highest BCUT2D eigenvalue weighted by Crippen LogP contribution is 2.28. The largest absolute Gasteiger partial charge is 0.496 e. The highest BCUT2D eigenvalue weighted by molar-refractivity contribution is 9.10. The molecule has 0 radical (unpaired) electrons. The molecule has 3 aromatic rings. The Labute approximate surface area is 177 Å². The van der Waals surface area contributed by atoms with Crippen molar-refractivity contribution in [1.82, 2.24) is 4.57 Å². The Balaban J connectivity index is 2.11. The summed E-state index contributed by atoms with van der Waals surface area (Å²) in [4.78, 5) is 19.3. The number of rotatable bonds is 6. The van der Waals surface area contributed by atoms with Gasteiger partial charge in [0, 0.05) is 17.0 Å². The highest BCUT2D eigenvalue weighted by atomic mass is 79.9. The predicted molar refractivity (Wildman–Crippen MR) is 118 cm³/mol. The van der Waals surface area contributed by atoms with Crippen LogP contribution in [0.5, 0.6) is 5.75 Å². The van der Waals surface area contributed by atoms with E-state index in [1.165, 1.54) is 4.88 Å². The van der Waals surface area contributed by atoms with E-state index in [9.17, 15) is 4.79 Å². The molecule has 0 aliphatic rings. The van der Waals surface area contributed by atoms with Crippen LogP contribution in [0.1, 0.15) is 35.5 Å². The predicted octanol–water partition coefficient (Wildman–Crippen LogP) is 5.70. The van der Waals surface area contributed by atoms with Gasteiger partial charge in [-0.05, 0) is 53.0 Å². The van der Waals surface area contributed by atoms with Gasteiger partial charge < -0.3 is 9.30 Å². The van der Waals surface area contributed by atoms with Crippen LogP contribution in [0.4, 0.5) is 0 Å². The van der Waals surface area contributed by atoms with E-state index in [1.54, 1.807) is 36.6 Å². The first kappa shape index (κ1) is 20.6. The van der Waals surface area contributed by atoms with Crippen LogP contribution < -0.4 is 9.54 Å². The summed E-state index contributed by atoms with van der Waals surface area (Å²) in [5.74, 6) is 0.433. The van der Waals surface area contributed by atoms with Crippen molar-refractivity contribution < 1.29 is 9.53 Å². The monoisotopic (exact) mass is 458 g/mol. The molecule has 2 aromatic carbocycles. The van der Waals surface area contributed by atoms with Gasteiger partial charge in [-0.25, -0.2) is 0 Å². The number of hydrogen-bond acceptors (Lipinski definition) is 3. The molecule has 6 heteroatoms. The lowest BCUT2D eigenvalue weighted by atomic mass is 10.1. The van der Waals surface area contributed by atoms with E-state index in [1.807, 2.05) is 18.2 Å². The summed E-state index contributed by atoms with van der Waals surface area (Å²) < 4.78 is 8.12. The number of aromatic nitrogens is 1. The SMILES string of the molecule is CCCc1sc(=NC(=O)c2ccc(OC)c(Br)c2)n(CC)c1-c1ccccc1. The molecule has 0 saturated carbocycles. The summed E-state index contributed by atoms with van der Waals surface area (Å²) in [6, 6.07) is 15.6. The molecule has 0 bridgehead atoms. The van der Waals surface area contributed by atoms with Crippen molar-refractivity contribution in [3.05, 3.63) is 68.2 Å². The number of carbonyl (C=O) groups excluding carboxylic acids is 1. The molecule has 0 spiro atoms.